The number of methoxy groups -OCH3 is 1. The number of hydrogen-bond acceptors (Lipinski definition) is 2. The molecule has 0 amide bonds. The lowest BCUT2D eigenvalue weighted by atomic mass is 9.87. The Bertz CT molecular complexity index is 411. The normalized spacial score (nSPS) is 22.6. The number of thiocarbonyl (C=S) groups is 1. The predicted octanol–water partition coefficient (Wildman–Crippen LogP) is 3.56. The molecule has 2 N–H and O–H groups in total. The van der Waals surface area contributed by atoms with Crippen molar-refractivity contribution in [3.8, 4) is 5.75 Å². The fourth-order valence-electron chi connectivity index (χ4n) is 2.43. The van der Waals surface area contributed by atoms with Crippen LogP contribution < -0.4 is 15.4 Å². The minimum Gasteiger partial charge on any atom is -0.497 e. The van der Waals surface area contributed by atoms with Crippen molar-refractivity contribution < 1.29 is 4.74 Å². The number of ether oxygens (including phenoxy) is 1. The number of nitrogens with one attached hydrogen (secondary N) is 2. The van der Waals surface area contributed by atoms with Crippen molar-refractivity contribution in [1.82, 2.24) is 5.32 Å². The number of rotatable bonds is 3. The summed E-state index contributed by atoms with van der Waals surface area (Å²) in [7, 11) is 1.67. The highest BCUT2D eigenvalue weighted by atomic mass is 32.1. The van der Waals surface area contributed by atoms with Gasteiger partial charge in [0.05, 0.1) is 7.11 Å². The topological polar surface area (TPSA) is 33.3 Å². The fourth-order valence-corrected chi connectivity index (χ4v) is 2.72. The van der Waals surface area contributed by atoms with Crippen molar-refractivity contribution in [1.29, 1.82) is 0 Å². The lowest BCUT2D eigenvalue weighted by Crippen LogP contribution is -2.39. The van der Waals surface area contributed by atoms with E-state index in [4.69, 9.17) is 17.0 Å². The van der Waals surface area contributed by atoms with Crippen molar-refractivity contribution in [2.24, 2.45) is 5.92 Å². The van der Waals surface area contributed by atoms with Gasteiger partial charge in [0.15, 0.2) is 5.11 Å². The van der Waals surface area contributed by atoms with Crippen molar-refractivity contribution in [2.75, 3.05) is 12.4 Å². The van der Waals surface area contributed by atoms with E-state index in [1.54, 1.807) is 7.11 Å². The summed E-state index contributed by atoms with van der Waals surface area (Å²) in [5.41, 5.74) is 0.988. The highest BCUT2D eigenvalue weighted by molar-refractivity contribution is 7.80. The van der Waals surface area contributed by atoms with Crippen LogP contribution in [0.1, 0.15) is 32.6 Å². The first-order valence-corrected chi connectivity index (χ1v) is 7.30. The van der Waals surface area contributed by atoms with Gasteiger partial charge in [-0.05, 0) is 68.1 Å². The lowest BCUT2D eigenvalue weighted by Gasteiger charge is -2.28. The zero-order valence-electron chi connectivity index (χ0n) is 11.6. The van der Waals surface area contributed by atoms with E-state index in [0.29, 0.717) is 11.2 Å². The Kier molecular flexibility index (Phi) is 5.02. The van der Waals surface area contributed by atoms with Gasteiger partial charge in [-0.2, -0.15) is 0 Å². The molecule has 0 saturated heterocycles. The third-order valence-electron chi connectivity index (χ3n) is 3.70. The molecular formula is C15H22N2OS. The summed E-state index contributed by atoms with van der Waals surface area (Å²) < 4.78 is 5.13. The molecule has 0 heterocycles. The van der Waals surface area contributed by atoms with Crippen LogP contribution in [0.25, 0.3) is 0 Å². The van der Waals surface area contributed by atoms with E-state index < -0.39 is 0 Å². The van der Waals surface area contributed by atoms with Crippen LogP contribution in [0.15, 0.2) is 24.3 Å². The Morgan fingerprint density at radius 3 is 2.37 bits per heavy atom. The molecule has 1 aliphatic rings. The molecule has 0 unspecified atom stereocenters. The number of hydrogen-bond donors (Lipinski definition) is 2. The van der Waals surface area contributed by atoms with Gasteiger partial charge < -0.3 is 15.4 Å². The van der Waals surface area contributed by atoms with Crippen LogP contribution in [0.2, 0.25) is 0 Å². The van der Waals surface area contributed by atoms with Crippen LogP contribution >= 0.6 is 12.2 Å². The minimum atomic E-state index is 0.523. The Balaban J connectivity index is 1.80. The molecule has 4 heteroatoms. The molecule has 3 nitrogen and oxygen atoms in total. The maximum Gasteiger partial charge on any atom is 0.170 e. The first-order chi connectivity index (χ1) is 9.17. The van der Waals surface area contributed by atoms with Gasteiger partial charge in [-0.3, -0.25) is 0 Å². The summed E-state index contributed by atoms with van der Waals surface area (Å²) >= 11 is 5.35. The Morgan fingerprint density at radius 2 is 1.79 bits per heavy atom. The van der Waals surface area contributed by atoms with Gasteiger partial charge in [0.25, 0.3) is 0 Å². The second kappa shape index (κ2) is 6.75. The molecule has 104 valence electrons. The molecule has 0 radical (unpaired) electrons. The lowest BCUT2D eigenvalue weighted by molar-refractivity contribution is 0.332. The summed E-state index contributed by atoms with van der Waals surface area (Å²) in [5.74, 6) is 1.71. The Morgan fingerprint density at radius 1 is 1.16 bits per heavy atom. The summed E-state index contributed by atoms with van der Waals surface area (Å²) in [4.78, 5) is 0. The van der Waals surface area contributed by atoms with E-state index in [9.17, 15) is 0 Å². The van der Waals surface area contributed by atoms with Crippen molar-refractivity contribution in [3.05, 3.63) is 24.3 Å². The zero-order valence-corrected chi connectivity index (χ0v) is 12.4. The maximum absolute atomic E-state index is 5.35. The molecule has 19 heavy (non-hydrogen) atoms. The van der Waals surface area contributed by atoms with Gasteiger partial charge in [0, 0.05) is 11.7 Å². The second-order valence-corrected chi connectivity index (χ2v) is 5.69. The van der Waals surface area contributed by atoms with E-state index in [-0.39, 0.29) is 0 Å². The predicted molar refractivity (Wildman–Crippen MR) is 83.8 cm³/mol. The van der Waals surface area contributed by atoms with E-state index >= 15 is 0 Å². The van der Waals surface area contributed by atoms with E-state index in [2.05, 4.69) is 17.6 Å². The van der Waals surface area contributed by atoms with Gasteiger partial charge in [-0.1, -0.05) is 6.92 Å². The zero-order chi connectivity index (χ0) is 13.7. The molecule has 2 rings (SSSR count). The fraction of sp³-hybridized carbons (Fsp3) is 0.533. The number of anilines is 1. The molecule has 1 aromatic carbocycles. The maximum atomic E-state index is 5.35. The third kappa shape index (κ3) is 4.39. The molecule has 1 aliphatic carbocycles. The van der Waals surface area contributed by atoms with Crippen LogP contribution in [0, 0.1) is 5.92 Å². The van der Waals surface area contributed by atoms with Crippen LogP contribution in [-0.4, -0.2) is 18.3 Å². The molecule has 1 aromatic rings. The minimum absolute atomic E-state index is 0.523. The quantitative estimate of drug-likeness (QED) is 0.828. The highest BCUT2D eigenvalue weighted by Crippen LogP contribution is 2.23. The van der Waals surface area contributed by atoms with Crippen LogP contribution in [0.5, 0.6) is 5.75 Å². The first-order valence-electron chi connectivity index (χ1n) is 6.89. The Hall–Kier alpha value is -1.29. The van der Waals surface area contributed by atoms with Gasteiger partial charge in [-0.15, -0.1) is 0 Å². The monoisotopic (exact) mass is 278 g/mol. The Labute approximate surface area is 120 Å². The summed E-state index contributed by atoms with van der Waals surface area (Å²) in [6.07, 6.45) is 5.02. The number of benzene rings is 1. The van der Waals surface area contributed by atoms with E-state index in [1.165, 1.54) is 25.7 Å². The first kappa shape index (κ1) is 14.1. The standard InChI is InChI=1S/C15H22N2OS/c1-11-3-5-12(6-4-11)16-15(19)17-13-7-9-14(18-2)10-8-13/h7-12H,3-6H2,1-2H3,(H2,16,17,19). The smallest absolute Gasteiger partial charge is 0.170 e. The van der Waals surface area contributed by atoms with Gasteiger partial charge in [0.2, 0.25) is 0 Å². The molecule has 1 fully saturated rings. The summed E-state index contributed by atoms with van der Waals surface area (Å²) in [5, 5.41) is 7.33. The SMILES string of the molecule is COc1ccc(NC(=S)NC2CCC(C)CC2)cc1. The average molecular weight is 278 g/mol. The van der Waals surface area contributed by atoms with Gasteiger partial charge in [-0.25, -0.2) is 0 Å². The summed E-state index contributed by atoms with van der Waals surface area (Å²) in [6.45, 7) is 2.32. The average Bonchev–Trinajstić information content (AvgIpc) is 2.42. The molecule has 1 saturated carbocycles. The summed E-state index contributed by atoms with van der Waals surface area (Å²) in [6, 6.07) is 8.31. The molecule has 0 atom stereocenters. The van der Waals surface area contributed by atoms with Crippen molar-refractivity contribution in [2.45, 2.75) is 38.6 Å². The van der Waals surface area contributed by atoms with Gasteiger partial charge >= 0.3 is 0 Å². The third-order valence-corrected chi connectivity index (χ3v) is 3.92. The molecule has 0 aliphatic heterocycles. The van der Waals surface area contributed by atoms with Crippen LogP contribution in [0.4, 0.5) is 5.69 Å². The van der Waals surface area contributed by atoms with Gasteiger partial charge in [0.1, 0.15) is 5.75 Å². The molecule has 0 spiro atoms. The van der Waals surface area contributed by atoms with Crippen LogP contribution in [-0.2, 0) is 0 Å². The highest BCUT2D eigenvalue weighted by Gasteiger charge is 2.18. The molecule has 0 aromatic heterocycles. The van der Waals surface area contributed by atoms with E-state index in [0.717, 1.165) is 17.4 Å². The largest absolute Gasteiger partial charge is 0.497 e. The molecule has 0 bridgehead atoms. The molecular weight excluding hydrogens is 256 g/mol. The van der Waals surface area contributed by atoms with Crippen LogP contribution in [0.3, 0.4) is 0 Å². The van der Waals surface area contributed by atoms with Crippen molar-refractivity contribution >= 4 is 23.0 Å². The second-order valence-electron chi connectivity index (χ2n) is 5.28. The van der Waals surface area contributed by atoms with Crippen molar-refractivity contribution in [3.63, 3.8) is 0 Å². The van der Waals surface area contributed by atoms with E-state index in [1.807, 2.05) is 24.3 Å².